The first-order chi connectivity index (χ1) is 20.8. The van der Waals surface area contributed by atoms with Crippen LogP contribution in [0.25, 0.3) is 22.0 Å². The average molecular weight is 630 g/mol. The first-order valence-corrected chi connectivity index (χ1v) is 15.2. The molecule has 43 heavy (non-hydrogen) atoms. The van der Waals surface area contributed by atoms with Crippen molar-refractivity contribution in [2.24, 2.45) is 5.92 Å². The molecule has 5 rings (SSSR count). The van der Waals surface area contributed by atoms with E-state index in [-0.39, 0.29) is 18.0 Å². The van der Waals surface area contributed by atoms with Gasteiger partial charge in [-0.25, -0.2) is 9.97 Å². The van der Waals surface area contributed by atoms with Crippen LogP contribution < -0.4 is 25.4 Å². The zero-order chi connectivity index (χ0) is 30.5. The number of methoxy groups -OCH3 is 2. The van der Waals surface area contributed by atoms with Crippen LogP contribution in [0.2, 0.25) is 10.0 Å². The highest BCUT2D eigenvalue weighted by Gasteiger charge is 2.28. The molecule has 12 heteroatoms. The van der Waals surface area contributed by atoms with Crippen molar-refractivity contribution in [1.29, 1.82) is 0 Å². The number of halogens is 2. The lowest BCUT2D eigenvalue weighted by Crippen LogP contribution is -2.52. The SMILES string of the molecule is C=CC(=O)N[C@H]1CCOC[C@H]1Nc1cc2c(NCC3CCN(C)CC3)nc(-c3c(Cl)c(OC)cc(OC)c3Cl)cc2cn1. The summed E-state index contributed by atoms with van der Waals surface area (Å²) in [6, 6.07) is 5.27. The van der Waals surface area contributed by atoms with Crippen molar-refractivity contribution in [3.8, 4) is 22.8 Å². The Morgan fingerprint density at radius 3 is 2.51 bits per heavy atom. The number of carbonyl (C=O) groups excluding carboxylic acids is 1. The topological polar surface area (TPSA) is 110 Å². The van der Waals surface area contributed by atoms with E-state index in [0.717, 1.165) is 43.2 Å². The monoisotopic (exact) mass is 628 g/mol. The number of rotatable bonds is 10. The first-order valence-electron chi connectivity index (χ1n) is 14.4. The number of aromatic nitrogens is 2. The molecule has 2 atom stereocenters. The molecule has 0 saturated carbocycles. The highest BCUT2D eigenvalue weighted by Crippen LogP contribution is 2.46. The number of piperidine rings is 1. The molecular weight excluding hydrogens is 591 g/mol. The quantitative estimate of drug-likeness (QED) is 0.259. The molecule has 1 amide bonds. The van der Waals surface area contributed by atoms with Crippen LogP contribution in [-0.4, -0.2) is 87.0 Å². The van der Waals surface area contributed by atoms with Crippen LogP contribution >= 0.6 is 23.2 Å². The molecule has 1 aromatic carbocycles. The summed E-state index contributed by atoms with van der Waals surface area (Å²) in [5, 5.41) is 12.5. The summed E-state index contributed by atoms with van der Waals surface area (Å²) in [5.74, 6) is 2.53. The maximum atomic E-state index is 12.0. The van der Waals surface area contributed by atoms with E-state index in [9.17, 15) is 4.79 Å². The second kappa shape index (κ2) is 14.0. The number of ether oxygens (including phenoxy) is 3. The fourth-order valence-corrected chi connectivity index (χ4v) is 6.28. The van der Waals surface area contributed by atoms with Crippen molar-refractivity contribution in [2.75, 3.05) is 64.7 Å². The Labute approximate surface area is 262 Å². The molecule has 10 nitrogen and oxygen atoms in total. The average Bonchev–Trinajstić information content (AvgIpc) is 3.02. The summed E-state index contributed by atoms with van der Waals surface area (Å²) in [7, 11) is 5.25. The van der Waals surface area contributed by atoms with Crippen LogP contribution in [0, 0.1) is 5.92 Å². The number of carbonyl (C=O) groups is 1. The number of pyridine rings is 2. The number of hydrogen-bond acceptors (Lipinski definition) is 9. The molecule has 0 spiro atoms. The Bertz CT molecular complexity index is 1450. The zero-order valence-electron chi connectivity index (χ0n) is 24.7. The van der Waals surface area contributed by atoms with Crippen LogP contribution in [0.15, 0.2) is 37.1 Å². The molecule has 2 aliphatic rings. The molecule has 0 radical (unpaired) electrons. The fourth-order valence-electron chi connectivity index (χ4n) is 5.59. The van der Waals surface area contributed by atoms with Gasteiger partial charge in [0.05, 0.1) is 48.6 Å². The third-order valence-corrected chi connectivity index (χ3v) is 8.89. The summed E-state index contributed by atoms with van der Waals surface area (Å²) < 4.78 is 16.7. The Kier molecular flexibility index (Phi) is 10.1. The molecule has 3 aromatic rings. The Morgan fingerprint density at radius 1 is 1.12 bits per heavy atom. The third-order valence-electron chi connectivity index (χ3n) is 8.14. The van der Waals surface area contributed by atoms with Crippen LogP contribution in [0.5, 0.6) is 11.5 Å². The van der Waals surface area contributed by atoms with Crippen molar-refractivity contribution >= 4 is 51.5 Å². The Hall–Kier alpha value is -3.31. The number of benzene rings is 1. The minimum absolute atomic E-state index is 0.119. The summed E-state index contributed by atoms with van der Waals surface area (Å²) in [6.45, 7) is 7.50. The van der Waals surface area contributed by atoms with E-state index in [1.54, 1.807) is 26.5 Å². The van der Waals surface area contributed by atoms with Gasteiger partial charge in [0, 0.05) is 41.8 Å². The van der Waals surface area contributed by atoms with E-state index < -0.39 is 0 Å². The smallest absolute Gasteiger partial charge is 0.243 e. The molecule has 3 N–H and O–H groups in total. The fraction of sp³-hybridized carbons (Fsp3) is 0.452. The molecule has 0 bridgehead atoms. The van der Waals surface area contributed by atoms with E-state index >= 15 is 0 Å². The highest BCUT2D eigenvalue weighted by atomic mass is 35.5. The second-order valence-electron chi connectivity index (χ2n) is 11.0. The number of nitrogens with one attached hydrogen (secondary N) is 3. The molecule has 2 fully saturated rings. The van der Waals surface area contributed by atoms with Gasteiger partial charge in [-0.3, -0.25) is 4.79 Å². The molecule has 4 heterocycles. The molecule has 2 aromatic heterocycles. The second-order valence-corrected chi connectivity index (χ2v) is 11.7. The van der Waals surface area contributed by atoms with Gasteiger partial charge in [-0.15, -0.1) is 0 Å². The number of likely N-dealkylation sites (tertiary alicyclic amines) is 1. The number of fused-ring (bicyclic) bond motifs is 1. The highest BCUT2D eigenvalue weighted by molar-refractivity contribution is 6.41. The van der Waals surface area contributed by atoms with E-state index in [0.29, 0.717) is 70.0 Å². The summed E-state index contributed by atoms with van der Waals surface area (Å²) in [4.78, 5) is 24.1. The maximum absolute atomic E-state index is 12.0. The minimum Gasteiger partial charge on any atom is -0.495 e. The van der Waals surface area contributed by atoms with Gasteiger partial charge in [-0.05, 0) is 63.5 Å². The molecule has 2 saturated heterocycles. The standard InChI is InChI=1S/C31H38Cl2N6O4/c1-5-27(40)37-21-8-11-43-17-23(21)36-26-13-20-19(16-34-26)12-22(28-29(32)24(41-3)14-25(42-4)30(28)33)38-31(20)35-15-18-6-9-39(2)10-7-18/h5,12-14,16,18,21,23H,1,6-11,15,17H2,2-4H3,(H,34,36)(H,35,38)(H,37,40)/t21-,23+/m0/s1. The van der Waals surface area contributed by atoms with E-state index in [2.05, 4.69) is 34.5 Å². The number of hydrogen-bond donors (Lipinski definition) is 3. The van der Waals surface area contributed by atoms with Gasteiger partial charge < -0.3 is 35.1 Å². The van der Waals surface area contributed by atoms with Gasteiger partial charge in [0.25, 0.3) is 0 Å². The molecule has 230 valence electrons. The van der Waals surface area contributed by atoms with E-state index in [4.69, 9.17) is 47.4 Å². The van der Waals surface area contributed by atoms with Gasteiger partial charge in [0.1, 0.15) is 23.1 Å². The zero-order valence-corrected chi connectivity index (χ0v) is 26.2. The largest absolute Gasteiger partial charge is 0.495 e. The minimum atomic E-state index is -0.214. The van der Waals surface area contributed by atoms with E-state index in [1.807, 2.05) is 12.1 Å². The first kappa shape index (κ1) is 31.1. The van der Waals surface area contributed by atoms with Gasteiger partial charge >= 0.3 is 0 Å². The van der Waals surface area contributed by atoms with Gasteiger partial charge in [-0.2, -0.15) is 0 Å². The number of amides is 1. The van der Waals surface area contributed by atoms with Gasteiger partial charge in [0.2, 0.25) is 5.91 Å². The lowest BCUT2D eigenvalue weighted by atomic mass is 9.97. The maximum Gasteiger partial charge on any atom is 0.243 e. The van der Waals surface area contributed by atoms with Crippen LogP contribution in [-0.2, 0) is 9.53 Å². The Morgan fingerprint density at radius 2 is 1.84 bits per heavy atom. The van der Waals surface area contributed by atoms with Crippen molar-refractivity contribution in [1.82, 2.24) is 20.2 Å². The molecule has 2 aliphatic heterocycles. The van der Waals surface area contributed by atoms with E-state index in [1.165, 1.54) is 6.08 Å². The summed E-state index contributed by atoms with van der Waals surface area (Å²) in [6.07, 6.45) is 5.98. The lowest BCUT2D eigenvalue weighted by Gasteiger charge is -2.33. The summed E-state index contributed by atoms with van der Waals surface area (Å²) in [5.41, 5.74) is 1.09. The Balaban J connectivity index is 1.53. The predicted octanol–water partition coefficient (Wildman–Crippen LogP) is 5.25. The molecule has 0 unspecified atom stereocenters. The van der Waals surface area contributed by atoms with Crippen molar-refractivity contribution in [3.63, 3.8) is 0 Å². The number of anilines is 2. The van der Waals surface area contributed by atoms with Gasteiger partial charge in [0.15, 0.2) is 0 Å². The normalized spacial score (nSPS) is 19.6. The van der Waals surface area contributed by atoms with Crippen LogP contribution in [0.4, 0.5) is 11.6 Å². The van der Waals surface area contributed by atoms with Crippen molar-refractivity contribution in [2.45, 2.75) is 31.3 Å². The van der Waals surface area contributed by atoms with Crippen molar-refractivity contribution in [3.05, 3.63) is 47.1 Å². The predicted molar refractivity (Wildman–Crippen MR) is 172 cm³/mol. The molecule has 0 aliphatic carbocycles. The number of nitrogens with zero attached hydrogens (tertiary/aromatic N) is 3. The molecular formula is C31H38Cl2N6O4. The van der Waals surface area contributed by atoms with Crippen molar-refractivity contribution < 1.29 is 19.0 Å². The lowest BCUT2D eigenvalue weighted by molar-refractivity contribution is -0.117. The van der Waals surface area contributed by atoms with Gasteiger partial charge in [-0.1, -0.05) is 29.8 Å². The third kappa shape index (κ3) is 7.09. The summed E-state index contributed by atoms with van der Waals surface area (Å²) >= 11 is 13.6. The van der Waals surface area contributed by atoms with Crippen LogP contribution in [0.1, 0.15) is 19.3 Å². The van der Waals surface area contributed by atoms with Crippen LogP contribution in [0.3, 0.4) is 0 Å².